The number of benzene rings is 1. The molecular weight excluding hydrogens is 520 g/mol. The molecule has 0 saturated heterocycles. The molecule has 0 fully saturated rings. The summed E-state index contributed by atoms with van der Waals surface area (Å²) in [6.07, 6.45) is -1.78. The highest BCUT2D eigenvalue weighted by atomic mass is 127. The minimum absolute atomic E-state index is 0. The fourth-order valence-electron chi connectivity index (χ4n) is 3.09. The van der Waals surface area contributed by atoms with E-state index in [1.54, 1.807) is 6.07 Å². The molecule has 0 radical (unpaired) electrons. The Balaban J connectivity index is 0.00000341. The van der Waals surface area contributed by atoms with Crippen molar-refractivity contribution in [2.75, 3.05) is 13.1 Å². The molecule has 0 aliphatic heterocycles. The van der Waals surface area contributed by atoms with Gasteiger partial charge in [0.05, 0.1) is 5.56 Å². The van der Waals surface area contributed by atoms with Crippen molar-refractivity contribution in [3.05, 3.63) is 65.6 Å². The Morgan fingerprint density at radius 3 is 2.68 bits per heavy atom. The third-order valence-electron chi connectivity index (χ3n) is 4.76. The molecule has 1 aromatic carbocycles. The lowest BCUT2D eigenvalue weighted by atomic mass is 9.96. The molecule has 0 aliphatic carbocycles. The molecule has 0 aliphatic rings. The van der Waals surface area contributed by atoms with Crippen molar-refractivity contribution in [3.63, 3.8) is 0 Å². The number of nitrogens with one attached hydrogen (secondary N) is 2. The first kappa shape index (κ1) is 24.9. The van der Waals surface area contributed by atoms with Crippen LogP contribution in [0, 0.1) is 0 Å². The van der Waals surface area contributed by atoms with Crippen LogP contribution in [0.3, 0.4) is 0 Å². The number of hydrogen-bond donors (Lipinski definition) is 2. The molecule has 2 heterocycles. The number of aliphatic imine (C=N–C) groups is 1. The zero-order valence-electron chi connectivity index (χ0n) is 17.4. The number of fused-ring (bicyclic) bond motifs is 1. The molecule has 10 heteroatoms. The average Bonchev–Trinajstić information content (AvgIpc) is 3.14. The lowest BCUT2D eigenvalue weighted by Gasteiger charge is -2.16. The van der Waals surface area contributed by atoms with Gasteiger partial charge in [-0.15, -0.1) is 34.2 Å². The van der Waals surface area contributed by atoms with Gasteiger partial charge >= 0.3 is 6.18 Å². The summed E-state index contributed by atoms with van der Waals surface area (Å²) in [5.74, 6) is 1.32. The van der Waals surface area contributed by atoms with Crippen molar-refractivity contribution in [2.45, 2.75) is 38.9 Å². The van der Waals surface area contributed by atoms with E-state index in [0.29, 0.717) is 37.6 Å². The third-order valence-corrected chi connectivity index (χ3v) is 4.76. The second-order valence-corrected chi connectivity index (χ2v) is 6.98. The zero-order chi connectivity index (χ0) is 21.6. The molecule has 0 amide bonds. The largest absolute Gasteiger partial charge is 0.416 e. The molecule has 3 rings (SSSR count). The number of nitrogens with zero attached hydrogens (tertiary/aromatic N) is 4. The minimum atomic E-state index is -4.33. The summed E-state index contributed by atoms with van der Waals surface area (Å²) in [6, 6.07) is 11.2. The molecule has 168 valence electrons. The molecule has 0 spiro atoms. The Labute approximate surface area is 196 Å². The summed E-state index contributed by atoms with van der Waals surface area (Å²) in [6.45, 7) is 5.50. The Bertz CT molecular complexity index is 1000. The van der Waals surface area contributed by atoms with Crippen molar-refractivity contribution >= 4 is 35.6 Å². The molecule has 2 aromatic heterocycles. The van der Waals surface area contributed by atoms with Gasteiger partial charge in [0, 0.05) is 19.3 Å². The Morgan fingerprint density at radius 2 is 1.94 bits per heavy atom. The van der Waals surface area contributed by atoms with E-state index >= 15 is 0 Å². The molecule has 1 atom stereocenters. The normalized spacial score (nSPS) is 13.0. The molecule has 2 N–H and O–H groups in total. The predicted octanol–water partition coefficient (Wildman–Crippen LogP) is 4.62. The van der Waals surface area contributed by atoms with Crippen molar-refractivity contribution < 1.29 is 13.2 Å². The van der Waals surface area contributed by atoms with Crippen molar-refractivity contribution in [1.29, 1.82) is 0 Å². The first-order chi connectivity index (χ1) is 14.4. The van der Waals surface area contributed by atoms with Crippen LogP contribution in [0.15, 0.2) is 53.7 Å². The van der Waals surface area contributed by atoms with Crippen molar-refractivity contribution in [1.82, 2.24) is 25.2 Å². The summed E-state index contributed by atoms with van der Waals surface area (Å²) in [5.41, 5.74) is 0.814. The van der Waals surface area contributed by atoms with E-state index in [4.69, 9.17) is 0 Å². The number of hydrogen-bond acceptors (Lipinski definition) is 3. The number of halogens is 4. The van der Waals surface area contributed by atoms with Gasteiger partial charge in [-0.2, -0.15) is 13.2 Å². The highest BCUT2D eigenvalue weighted by Crippen LogP contribution is 2.31. The van der Waals surface area contributed by atoms with Crippen LogP contribution in [-0.2, 0) is 12.7 Å². The van der Waals surface area contributed by atoms with Gasteiger partial charge in [0.1, 0.15) is 6.54 Å². The Morgan fingerprint density at radius 1 is 1.13 bits per heavy atom. The summed E-state index contributed by atoms with van der Waals surface area (Å²) >= 11 is 0. The van der Waals surface area contributed by atoms with Crippen LogP contribution in [0.5, 0.6) is 0 Å². The quantitative estimate of drug-likeness (QED) is 0.258. The van der Waals surface area contributed by atoms with Gasteiger partial charge in [-0.1, -0.05) is 31.2 Å². The highest BCUT2D eigenvalue weighted by Gasteiger charge is 2.30. The van der Waals surface area contributed by atoms with E-state index in [9.17, 15) is 13.2 Å². The van der Waals surface area contributed by atoms with E-state index in [-0.39, 0.29) is 29.9 Å². The summed E-state index contributed by atoms with van der Waals surface area (Å²) < 4.78 is 40.7. The second-order valence-electron chi connectivity index (χ2n) is 6.98. The topological polar surface area (TPSA) is 66.6 Å². The van der Waals surface area contributed by atoms with E-state index < -0.39 is 11.7 Å². The van der Waals surface area contributed by atoms with Crippen LogP contribution in [0.1, 0.15) is 43.1 Å². The molecule has 31 heavy (non-hydrogen) atoms. The lowest BCUT2D eigenvalue weighted by Crippen LogP contribution is -2.38. The Kier molecular flexibility index (Phi) is 9.08. The minimum Gasteiger partial charge on any atom is -0.357 e. The van der Waals surface area contributed by atoms with Gasteiger partial charge in [0.25, 0.3) is 0 Å². The average molecular weight is 546 g/mol. The number of guanidine groups is 1. The van der Waals surface area contributed by atoms with E-state index in [2.05, 4.69) is 25.8 Å². The van der Waals surface area contributed by atoms with E-state index in [0.717, 1.165) is 17.5 Å². The van der Waals surface area contributed by atoms with Crippen LogP contribution in [0.2, 0.25) is 0 Å². The molecule has 6 nitrogen and oxygen atoms in total. The number of rotatable bonds is 7. The van der Waals surface area contributed by atoms with Crippen LogP contribution in [0.25, 0.3) is 5.65 Å². The van der Waals surface area contributed by atoms with Gasteiger partial charge in [-0.25, -0.2) is 4.99 Å². The van der Waals surface area contributed by atoms with Crippen LogP contribution >= 0.6 is 24.0 Å². The zero-order valence-corrected chi connectivity index (χ0v) is 19.7. The van der Waals surface area contributed by atoms with Gasteiger partial charge in [0.15, 0.2) is 17.4 Å². The summed E-state index contributed by atoms with van der Waals surface area (Å²) in [7, 11) is 0. The maximum Gasteiger partial charge on any atom is 0.416 e. The molecular formula is C21H26F3IN6. The van der Waals surface area contributed by atoms with E-state index in [1.165, 1.54) is 12.1 Å². The van der Waals surface area contributed by atoms with Gasteiger partial charge in [-0.3, -0.25) is 4.40 Å². The van der Waals surface area contributed by atoms with Crippen molar-refractivity contribution in [3.8, 4) is 0 Å². The highest BCUT2D eigenvalue weighted by molar-refractivity contribution is 14.0. The molecule has 0 bridgehead atoms. The predicted molar refractivity (Wildman–Crippen MR) is 126 cm³/mol. The number of alkyl halides is 3. The van der Waals surface area contributed by atoms with E-state index in [1.807, 2.05) is 42.6 Å². The summed E-state index contributed by atoms with van der Waals surface area (Å²) in [5, 5.41) is 14.7. The number of aromatic nitrogens is 3. The van der Waals surface area contributed by atoms with Gasteiger partial charge in [0.2, 0.25) is 0 Å². The van der Waals surface area contributed by atoms with Gasteiger partial charge in [-0.05, 0) is 43.0 Å². The molecule has 3 aromatic rings. The third kappa shape index (κ3) is 6.81. The fourth-order valence-corrected chi connectivity index (χ4v) is 3.09. The van der Waals surface area contributed by atoms with Gasteiger partial charge < -0.3 is 10.6 Å². The molecule has 0 saturated carbocycles. The smallest absolute Gasteiger partial charge is 0.357 e. The first-order valence-electron chi connectivity index (χ1n) is 9.86. The SMILES string of the molecule is CCNC(=NCc1nnc2ccccn12)NCCC(C)c1cccc(C(F)(F)F)c1.I. The standard InChI is InChI=1S/C21H25F3N6.HI/c1-3-25-20(27-14-19-29-28-18-9-4-5-12-30(18)19)26-11-10-15(2)16-7-6-8-17(13-16)21(22,23)24;/h4-9,12-13,15H,3,10-11,14H2,1-2H3,(H2,25,26,27);1H. The van der Waals surface area contributed by atoms with Crippen LogP contribution < -0.4 is 10.6 Å². The monoisotopic (exact) mass is 546 g/mol. The summed E-state index contributed by atoms with van der Waals surface area (Å²) in [4.78, 5) is 4.54. The maximum absolute atomic E-state index is 12.9. The first-order valence-corrected chi connectivity index (χ1v) is 9.86. The van der Waals surface area contributed by atoms with Crippen LogP contribution in [-0.4, -0.2) is 33.6 Å². The number of pyridine rings is 1. The lowest BCUT2D eigenvalue weighted by molar-refractivity contribution is -0.137. The van der Waals surface area contributed by atoms with Crippen LogP contribution in [0.4, 0.5) is 13.2 Å². The Hall–Kier alpha value is -2.37. The maximum atomic E-state index is 12.9. The molecule has 1 unspecified atom stereocenters. The van der Waals surface area contributed by atoms with Crippen molar-refractivity contribution in [2.24, 2.45) is 4.99 Å². The second kappa shape index (κ2) is 11.3. The fraction of sp³-hybridized carbons (Fsp3) is 0.381.